The number of aromatic nitrogens is 2. The molecule has 0 aliphatic carbocycles. The Morgan fingerprint density at radius 2 is 1.78 bits per heavy atom. The highest BCUT2D eigenvalue weighted by atomic mass is 16.3. The number of carbonyl (C=O) groups excluding carboxylic acids is 1. The number of para-hydroxylation sites is 1. The number of hydrogen-bond donors (Lipinski definition) is 0. The first-order chi connectivity index (χ1) is 20.0. The van der Waals surface area contributed by atoms with E-state index in [1.807, 2.05) is 41.4 Å². The van der Waals surface area contributed by atoms with Crippen molar-refractivity contribution in [3.05, 3.63) is 102 Å². The van der Waals surface area contributed by atoms with Gasteiger partial charge >= 0.3 is 0 Å². The average molecular weight is 548 g/mol. The van der Waals surface area contributed by atoms with Crippen molar-refractivity contribution in [2.24, 2.45) is 0 Å². The topological polar surface area (TPSA) is 65.7 Å². The van der Waals surface area contributed by atoms with Crippen molar-refractivity contribution in [3.63, 3.8) is 0 Å². The second-order valence-corrected chi connectivity index (χ2v) is 11.3. The highest BCUT2D eigenvalue weighted by Crippen LogP contribution is 2.33. The number of nitrogens with zero attached hydrogens (tertiary/aromatic N) is 5. The van der Waals surface area contributed by atoms with Crippen molar-refractivity contribution in [2.45, 2.75) is 32.7 Å². The number of piperazine rings is 1. The number of fused-ring (bicyclic) bond motifs is 2. The van der Waals surface area contributed by atoms with Gasteiger partial charge in [0.25, 0.3) is 5.91 Å². The molecule has 3 aromatic carbocycles. The van der Waals surface area contributed by atoms with E-state index in [1.165, 1.54) is 16.8 Å². The summed E-state index contributed by atoms with van der Waals surface area (Å²) in [6.07, 6.45) is 4.33. The van der Waals surface area contributed by atoms with Gasteiger partial charge in [0.05, 0.1) is 5.52 Å². The van der Waals surface area contributed by atoms with Gasteiger partial charge in [-0.3, -0.25) is 4.79 Å². The van der Waals surface area contributed by atoms with Gasteiger partial charge in [-0.25, -0.2) is 9.97 Å². The minimum atomic E-state index is 0.0909. The molecule has 1 fully saturated rings. The Bertz CT molecular complexity index is 1650. The van der Waals surface area contributed by atoms with Crippen LogP contribution in [-0.4, -0.2) is 65.4 Å². The number of amides is 1. The zero-order valence-electron chi connectivity index (χ0n) is 24.1. The number of rotatable bonds is 8. The van der Waals surface area contributed by atoms with Gasteiger partial charge in [-0.1, -0.05) is 44.2 Å². The Labute approximate surface area is 241 Å². The molecule has 0 radical (unpaired) electrons. The average Bonchev–Trinajstić information content (AvgIpc) is 3.38. The lowest BCUT2D eigenvalue weighted by Gasteiger charge is -2.36. The lowest BCUT2D eigenvalue weighted by molar-refractivity contribution is 0.0747. The van der Waals surface area contributed by atoms with Crippen LogP contribution < -0.4 is 4.90 Å². The maximum Gasteiger partial charge on any atom is 0.254 e. The van der Waals surface area contributed by atoms with Crippen LogP contribution in [0.15, 0.2) is 83.7 Å². The minimum absolute atomic E-state index is 0.0909. The van der Waals surface area contributed by atoms with Crippen molar-refractivity contribution >= 4 is 33.5 Å². The van der Waals surface area contributed by atoms with Crippen LogP contribution >= 0.6 is 0 Å². The van der Waals surface area contributed by atoms with Crippen molar-refractivity contribution in [2.75, 3.05) is 44.7 Å². The standard InChI is InChI=1S/C34H37N5O2/c1-24(2)33-28(14-15-37(3)22-26-8-7-11-31-30(26)21-35-23-36-31)29-20-25(12-13-32(29)41-33)34(40)39-18-16-38(17-19-39)27-9-5-4-6-10-27/h4-13,20-21,23-24H,14-19,22H2,1-3H3. The van der Waals surface area contributed by atoms with Gasteiger partial charge < -0.3 is 19.1 Å². The van der Waals surface area contributed by atoms with Crippen molar-refractivity contribution < 1.29 is 9.21 Å². The summed E-state index contributed by atoms with van der Waals surface area (Å²) in [5.41, 5.74) is 6.17. The van der Waals surface area contributed by atoms with Gasteiger partial charge in [0.1, 0.15) is 17.7 Å². The van der Waals surface area contributed by atoms with E-state index < -0.39 is 0 Å². The molecule has 2 aromatic heterocycles. The van der Waals surface area contributed by atoms with E-state index in [1.54, 1.807) is 6.33 Å². The summed E-state index contributed by atoms with van der Waals surface area (Å²) in [7, 11) is 2.14. The van der Waals surface area contributed by atoms with Crippen molar-refractivity contribution in [1.82, 2.24) is 19.8 Å². The van der Waals surface area contributed by atoms with E-state index in [0.29, 0.717) is 13.1 Å². The first-order valence-electron chi connectivity index (χ1n) is 14.5. The molecule has 1 saturated heterocycles. The maximum absolute atomic E-state index is 13.6. The predicted octanol–water partition coefficient (Wildman–Crippen LogP) is 6.14. The smallest absolute Gasteiger partial charge is 0.254 e. The molecule has 1 amide bonds. The van der Waals surface area contributed by atoms with Crippen LogP contribution in [0.25, 0.3) is 21.9 Å². The lowest BCUT2D eigenvalue weighted by atomic mass is 9.99. The third-order valence-electron chi connectivity index (χ3n) is 8.11. The Balaban J connectivity index is 1.18. The highest BCUT2D eigenvalue weighted by molar-refractivity contribution is 5.98. The van der Waals surface area contributed by atoms with Gasteiger partial charge in [0.15, 0.2) is 0 Å². The Hall–Kier alpha value is -4.23. The van der Waals surface area contributed by atoms with Gasteiger partial charge in [0, 0.05) is 79.0 Å². The van der Waals surface area contributed by atoms with Crippen molar-refractivity contribution in [3.8, 4) is 0 Å². The second-order valence-electron chi connectivity index (χ2n) is 11.3. The summed E-state index contributed by atoms with van der Waals surface area (Å²) in [6, 6.07) is 22.6. The van der Waals surface area contributed by atoms with E-state index in [-0.39, 0.29) is 11.8 Å². The monoisotopic (exact) mass is 547 g/mol. The summed E-state index contributed by atoms with van der Waals surface area (Å²) < 4.78 is 6.35. The Kier molecular flexibility index (Phi) is 7.70. The summed E-state index contributed by atoms with van der Waals surface area (Å²) in [5, 5.41) is 2.14. The van der Waals surface area contributed by atoms with E-state index in [0.717, 1.165) is 65.8 Å². The molecule has 0 unspecified atom stereocenters. The van der Waals surface area contributed by atoms with Gasteiger partial charge in [0.2, 0.25) is 0 Å². The van der Waals surface area contributed by atoms with Gasteiger partial charge in [-0.05, 0) is 55.4 Å². The van der Waals surface area contributed by atoms with E-state index in [9.17, 15) is 4.79 Å². The summed E-state index contributed by atoms with van der Waals surface area (Å²) in [5.74, 6) is 1.35. The van der Waals surface area contributed by atoms with Gasteiger partial charge in [-0.15, -0.1) is 0 Å². The molecule has 0 bridgehead atoms. The zero-order chi connectivity index (χ0) is 28.3. The molecule has 5 aromatic rings. The third-order valence-corrected chi connectivity index (χ3v) is 8.11. The van der Waals surface area contributed by atoms with Crippen LogP contribution in [0.5, 0.6) is 0 Å². The number of likely N-dealkylation sites (N-methyl/N-ethyl adjacent to an activating group) is 1. The summed E-state index contributed by atoms with van der Waals surface area (Å²) in [6.45, 7) is 9.09. The molecule has 210 valence electrons. The normalized spacial score (nSPS) is 14.1. The molecule has 1 aliphatic rings. The third kappa shape index (κ3) is 5.68. The number of anilines is 1. The fraction of sp³-hybridized carbons (Fsp3) is 0.324. The number of carbonyl (C=O) groups is 1. The molecule has 1 aliphatic heterocycles. The maximum atomic E-state index is 13.6. The molecule has 0 spiro atoms. The van der Waals surface area contributed by atoms with Crippen LogP contribution in [0, 0.1) is 0 Å². The number of hydrogen-bond acceptors (Lipinski definition) is 6. The first-order valence-corrected chi connectivity index (χ1v) is 14.5. The number of furan rings is 1. The first kappa shape index (κ1) is 27.0. The van der Waals surface area contributed by atoms with E-state index in [2.05, 4.69) is 77.1 Å². The van der Waals surface area contributed by atoms with E-state index in [4.69, 9.17) is 4.42 Å². The highest BCUT2D eigenvalue weighted by Gasteiger charge is 2.24. The van der Waals surface area contributed by atoms with Crippen LogP contribution in [0.4, 0.5) is 5.69 Å². The van der Waals surface area contributed by atoms with Gasteiger partial charge in [-0.2, -0.15) is 0 Å². The van der Waals surface area contributed by atoms with Crippen molar-refractivity contribution in [1.29, 1.82) is 0 Å². The summed E-state index contributed by atoms with van der Waals surface area (Å²) >= 11 is 0. The number of benzene rings is 3. The minimum Gasteiger partial charge on any atom is -0.461 e. The second kappa shape index (κ2) is 11.7. The van der Waals surface area contributed by atoms with Crippen LogP contribution in [0.2, 0.25) is 0 Å². The zero-order valence-corrected chi connectivity index (χ0v) is 24.1. The largest absolute Gasteiger partial charge is 0.461 e. The Morgan fingerprint density at radius 1 is 0.976 bits per heavy atom. The fourth-order valence-electron chi connectivity index (χ4n) is 5.89. The Morgan fingerprint density at radius 3 is 2.56 bits per heavy atom. The SMILES string of the molecule is CC(C)c1oc2ccc(C(=O)N3CCN(c4ccccc4)CC3)cc2c1CCN(C)Cc1cccc2ncncc12. The molecule has 7 nitrogen and oxygen atoms in total. The molecule has 6 rings (SSSR count). The molecule has 41 heavy (non-hydrogen) atoms. The molecule has 0 atom stereocenters. The molecule has 0 saturated carbocycles. The quantitative estimate of drug-likeness (QED) is 0.233. The van der Waals surface area contributed by atoms with Crippen LogP contribution in [0.1, 0.15) is 47.0 Å². The molecule has 0 N–H and O–H groups in total. The molecule has 7 heteroatoms. The summed E-state index contributed by atoms with van der Waals surface area (Å²) in [4.78, 5) is 28.9. The van der Waals surface area contributed by atoms with Crippen LogP contribution in [-0.2, 0) is 13.0 Å². The lowest BCUT2D eigenvalue weighted by Crippen LogP contribution is -2.48. The molecule has 3 heterocycles. The van der Waals surface area contributed by atoms with Crippen LogP contribution in [0.3, 0.4) is 0 Å². The molecular weight excluding hydrogens is 510 g/mol. The molecular formula is C34H37N5O2. The predicted molar refractivity (Wildman–Crippen MR) is 164 cm³/mol. The fourth-order valence-corrected chi connectivity index (χ4v) is 5.89. The van der Waals surface area contributed by atoms with E-state index >= 15 is 0 Å².